The zero-order valence-corrected chi connectivity index (χ0v) is 9.07. The number of nitrogens with zero attached hydrogens (tertiary/aromatic N) is 2. The van der Waals surface area contributed by atoms with Gasteiger partial charge in [0.15, 0.2) is 0 Å². The van der Waals surface area contributed by atoms with Crippen LogP contribution < -0.4 is 5.73 Å². The molecule has 0 aliphatic carbocycles. The van der Waals surface area contributed by atoms with Crippen molar-refractivity contribution < 1.29 is 4.79 Å². The molecule has 0 saturated carbocycles. The Balaban J connectivity index is 2.07. The van der Waals surface area contributed by atoms with Gasteiger partial charge in [-0.15, -0.1) is 0 Å². The average molecular weight is 207 g/mol. The van der Waals surface area contributed by atoms with E-state index in [1.165, 1.54) is 5.56 Å². The molecule has 0 unspecified atom stereocenters. The van der Waals surface area contributed by atoms with Crippen molar-refractivity contribution in [2.24, 2.45) is 12.8 Å². The second-order valence-electron chi connectivity index (χ2n) is 4.07. The van der Waals surface area contributed by atoms with Gasteiger partial charge in [0.2, 0.25) is 5.91 Å². The Morgan fingerprint density at radius 3 is 2.87 bits per heavy atom. The van der Waals surface area contributed by atoms with E-state index in [1.807, 2.05) is 22.7 Å². The van der Waals surface area contributed by atoms with E-state index >= 15 is 0 Å². The molecule has 1 aliphatic heterocycles. The Kier molecular flexibility index (Phi) is 2.77. The third kappa shape index (κ3) is 2.04. The lowest BCUT2D eigenvalue weighted by Gasteiger charge is -2.13. The fourth-order valence-corrected chi connectivity index (χ4v) is 2.07. The fraction of sp³-hybridized carbons (Fsp3) is 0.545. The van der Waals surface area contributed by atoms with Gasteiger partial charge < -0.3 is 15.2 Å². The van der Waals surface area contributed by atoms with E-state index in [0.717, 1.165) is 25.2 Å². The smallest absolute Gasteiger partial charge is 0.222 e. The summed E-state index contributed by atoms with van der Waals surface area (Å²) in [6, 6.07) is 2.08. The van der Waals surface area contributed by atoms with Gasteiger partial charge in [0, 0.05) is 45.0 Å². The standard InChI is InChI=1S/C11H17N3O/c1-13-7-9(5-10(13)6-12)8-14-4-2-3-11(14)15/h5,7H,2-4,6,8,12H2,1H3. The molecule has 0 spiro atoms. The number of carbonyl (C=O) groups excluding carboxylic acids is 1. The summed E-state index contributed by atoms with van der Waals surface area (Å²) in [7, 11) is 1.98. The number of hydrogen-bond acceptors (Lipinski definition) is 2. The van der Waals surface area contributed by atoms with Crippen LogP contribution in [0.3, 0.4) is 0 Å². The highest BCUT2D eigenvalue weighted by Gasteiger charge is 2.20. The molecule has 1 aromatic rings. The third-order valence-corrected chi connectivity index (χ3v) is 2.92. The minimum atomic E-state index is 0.271. The van der Waals surface area contributed by atoms with Crippen LogP contribution in [0, 0.1) is 0 Å². The first-order valence-corrected chi connectivity index (χ1v) is 5.32. The third-order valence-electron chi connectivity index (χ3n) is 2.92. The lowest BCUT2D eigenvalue weighted by atomic mass is 10.3. The Hall–Kier alpha value is -1.29. The van der Waals surface area contributed by atoms with E-state index < -0.39 is 0 Å². The molecule has 2 N–H and O–H groups in total. The molecule has 1 amide bonds. The lowest BCUT2D eigenvalue weighted by molar-refractivity contribution is -0.128. The molecular formula is C11H17N3O. The van der Waals surface area contributed by atoms with Crippen LogP contribution >= 0.6 is 0 Å². The molecule has 1 aliphatic rings. The van der Waals surface area contributed by atoms with Gasteiger partial charge in [-0.05, 0) is 18.1 Å². The Morgan fingerprint density at radius 2 is 2.33 bits per heavy atom. The van der Waals surface area contributed by atoms with Gasteiger partial charge in [0.05, 0.1) is 0 Å². The number of rotatable bonds is 3. The van der Waals surface area contributed by atoms with E-state index in [0.29, 0.717) is 13.0 Å². The highest BCUT2D eigenvalue weighted by atomic mass is 16.2. The first kappa shape index (κ1) is 10.2. The number of hydrogen-bond donors (Lipinski definition) is 1. The van der Waals surface area contributed by atoms with Crippen molar-refractivity contribution in [3.63, 3.8) is 0 Å². The van der Waals surface area contributed by atoms with E-state index in [9.17, 15) is 4.79 Å². The molecule has 2 rings (SSSR count). The van der Waals surface area contributed by atoms with Crippen LogP contribution in [0.2, 0.25) is 0 Å². The maximum Gasteiger partial charge on any atom is 0.222 e. The predicted octanol–water partition coefficient (Wildman–Crippen LogP) is 0.606. The van der Waals surface area contributed by atoms with Crippen molar-refractivity contribution in [1.29, 1.82) is 0 Å². The van der Waals surface area contributed by atoms with Crippen LogP contribution in [0.1, 0.15) is 24.1 Å². The Bertz CT molecular complexity index is 370. The Labute approximate surface area is 89.7 Å². The largest absolute Gasteiger partial charge is 0.353 e. The van der Waals surface area contributed by atoms with Gasteiger partial charge in [-0.3, -0.25) is 4.79 Å². The number of aryl methyl sites for hydroxylation is 1. The molecule has 82 valence electrons. The first-order chi connectivity index (χ1) is 7.20. The molecule has 2 heterocycles. The SMILES string of the molecule is Cn1cc(CN2CCCC2=O)cc1CN. The molecular weight excluding hydrogens is 190 g/mol. The van der Waals surface area contributed by atoms with Crippen LogP contribution in [0.25, 0.3) is 0 Å². The monoisotopic (exact) mass is 207 g/mol. The van der Waals surface area contributed by atoms with E-state index in [-0.39, 0.29) is 5.91 Å². The molecule has 1 aromatic heterocycles. The van der Waals surface area contributed by atoms with Crippen molar-refractivity contribution in [2.45, 2.75) is 25.9 Å². The minimum absolute atomic E-state index is 0.271. The minimum Gasteiger partial charge on any atom is -0.353 e. The number of likely N-dealkylation sites (tertiary alicyclic amines) is 1. The zero-order valence-electron chi connectivity index (χ0n) is 9.07. The summed E-state index contributed by atoms with van der Waals surface area (Å²) in [4.78, 5) is 13.3. The zero-order chi connectivity index (χ0) is 10.8. The van der Waals surface area contributed by atoms with Gasteiger partial charge in [-0.2, -0.15) is 0 Å². The van der Waals surface area contributed by atoms with Crippen molar-refractivity contribution in [3.8, 4) is 0 Å². The van der Waals surface area contributed by atoms with Gasteiger partial charge in [0.25, 0.3) is 0 Å². The highest BCUT2D eigenvalue weighted by molar-refractivity contribution is 5.78. The second-order valence-corrected chi connectivity index (χ2v) is 4.07. The van der Waals surface area contributed by atoms with E-state index in [1.54, 1.807) is 0 Å². The number of nitrogens with two attached hydrogens (primary N) is 1. The molecule has 15 heavy (non-hydrogen) atoms. The lowest BCUT2D eigenvalue weighted by Crippen LogP contribution is -2.23. The molecule has 1 saturated heterocycles. The summed E-state index contributed by atoms with van der Waals surface area (Å²) in [6.45, 7) is 2.17. The predicted molar refractivity (Wildman–Crippen MR) is 58.0 cm³/mol. The van der Waals surface area contributed by atoms with Gasteiger partial charge in [-0.25, -0.2) is 0 Å². The summed E-state index contributed by atoms with van der Waals surface area (Å²) < 4.78 is 2.02. The molecule has 0 radical (unpaired) electrons. The van der Waals surface area contributed by atoms with Crippen LogP contribution in [0.5, 0.6) is 0 Å². The van der Waals surface area contributed by atoms with Crippen molar-refractivity contribution in [1.82, 2.24) is 9.47 Å². The molecule has 1 fully saturated rings. The molecule has 4 nitrogen and oxygen atoms in total. The highest BCUT2D eigenvalue weighted by Crippen LogP contribution is 2.15. The molecule has 0 atom stereocenters. The average Bonchev–Trinajstić information content (AvgIpc) is 2.75. The van der Waals surface area contributed by atoms with Crippen LogP contribution in [-0.4, -0.2) is 21.9 Å². The summed E-state index contributed by atoms with van der Waals surface area (Å²) in [5.41, 5.74) is 7.88. The van der Waals surface area contributed by atoms with Crippen LogP contribution in [-0.2, 0) is 24.9 Å². The number of amides is 1. The molecule has 0 bridgehead atoms. The van der Waals surface area contributed by atoms with Crippen LogP contribution in [0.4, 0.5) is 0 Å². The van der Waals surface area contributed by atoms with Crippen molar-refractivity contribution >= 4 is 5.91 Å². The topological polar surface area (TPSA) is 51.3 Å². The van der Waals surface area contributed by atoms with E-state index in [2.05, 4.69) is 6.07 Å². The maximum atomic E-state index is 11.4. The normalized spacial score (nSPS) is 16.4. The van der Waals surface area contributed by atoms with Gasteiger partial charge in [0.1, 0.15) is 0 Å². The number of carbonyl (C=O) groups is 1. The number of aromatic nitrogens is 1. The first-order valence-electron chi connectivity index (χ1n) is 5.32. The van der Waals surface area contributed by atoms with Gasteiger partial charge in [-0.1, -0.05) is 0 Å². The summed E-state index contributed by atoms with van der Waals surface area (Å²) in [5.74, 6) is 0.271. The fourth-order valence-electron chi connectivity index (χ4n) is 2.07. The summed E-state index contributed by atoms with van der Waals surface area (Å²) in [5, 5.41) is 0. The van der Waals surface area contributed by atoms with Crippen LogP contribution in [0.15, 0.2) is 12.3 Å². The molecule has 4 heteroatoms. The van der Waals surface area contributed by atoms with Crippen molar-refractivity contribution in [2.75, 3.05) is 6.54 Å². The van der Waals surface area contributed by atoms with Crippen molar-refractivity contribution in [3.05, 3.63) is 23.5 Å². The second kappa shape index (κ2) is 4.06. The summed E-state index contributed by atoms with van der Waals surface area (Å²) in [6.07, 6.45) is 3.75. The molecule has 0 aromatic carbocycles. The maximum absolute atomic E-state index is 11.4. The Morgan fingerprint density at radius 1 is 1.53 bits per heavy atom. The summed E-state index contributed by atoms with van der Waals surface area (Å²) >= 11 is 0. The van der Waals surface area contributed by atoms with E-state index in [4.69, 9.17) is 5.73 Å². The quantitative estimate of drug-likeness (QED) is 0.789. The van der Waals surface area contributed by atoms with Gasteiger partial charge >= 0.3 is 0 Å².